The van der Waals surface area contributed by atoms with Gasteiger partial charge < -0.3 is 10.5 Å². The number of hydrogen-bond donors (Lipinski definition) is 1. The fraction of sp³-hybridized carbons (Fsp3) is 0.611. The van der Waals surface area contributed by atoms with Crippen molar-refractivity contribution in [2.75, 3.05) is 13.2 Å². The Balaban J connectivity index is 1.94. The van der Waals surface area contributed by atoms with Crippen LogP contribution in [-0.4, -0.2) is 41.1 Å². The molecule has 0 aromatic rings. The summed E-state index contributed by atoms with van der Waals surface area (Å²) in [5.74, 6) is -0.479. The summed E-state index contributed by atoms with van der Waals surface area (Å²) in [6, 6.07) is 0. The molecule has 3 aliphatic rings. The first-order valence-corrected chi connectivity index (χ1v) is 9.49. The van der Waals surface area contributed by atoms with E-state index in [0.717, 1.165) is 12.1 Å². The zero-order valence-electron chi connectivity index (χ0n) is 13.9. The standard InChI is InChI=1S/C18H24N2O3S/c1-2-23-17(22)15-12-8-11-20-14-7-3-4-9-18(12,14)24-16(15)13(21)6-5-10-19/h3-4,7,11-12,15-16H,2,5-6,8-10,19H2,1H3. The van der Waals surface area contributed by atoms with E-state index in [0.29, 0.717) is 32.4 Å². The van der Waals surface area contributed by atoms with E-state index < -0.39 is 5.92 Å². The van der Waals surface area contributed by atoms with E-state index >= 15 is 0 Å². The van der Waals surface area contributed by atoms with Crippen LogP contribution in [0.1, 0.15) is 32.6 Å². The van der Waals surface area contributed by atoms with Gasteiger partial charge in [-0.05, 0) is 44.7 Å². The highest BCUT2D eigenvalue weighted by Crippen LogP contribution is 2.60. The molecule has 0 aromatic carbocycles. The molecular weight excluding hydrogens is 324 g/mol. The zero-order chi connectivity index (χ0) is 17.2. The van der Waals surface area contributed by atoms with E-state index in [2.05, 4.69) is 11.1 Å². The van der Waals surface area contributed by atoms with Gasteiger partial charge >= 0.3 is 5.97 Å². The van der Waals surface area contributed by atoms with Gasteiger partial charge in [-0.3, -0.25) is 14.6 Å². The maximum atomic E-state index is 12.8. The number of thioether (sulfide) groups is 1. The number of esters is 1. The molecule has 2 aliphatic heterocycles. The van der Waals surface area contributed by atoms with Crippen LogP contribution in [-0.2, 0) is 14.3 Å². The lowest BCUT2D eigenvalue weighted by Crippen LogP contribution is -2.41. The Morgan fingerprint density at radius 3 is 3.08 bits per heavy atom. The van der Waals surface area contributed by atoms with Crippen LogP contribution in [0.5, 0.6) is 0 Å². The third-order valence-electron chi connectivity index (χ3n) is 5.03. The number of aliphatic imine (C=N–C) groups is 1. The highest BCUT2D eigenvalue weighted by molar-refractivity contribution is 8.02. The predicted molar refractivity (Wildman–Crippen MR) is 96.0 cm³/mol. The number of ether oxygens (including phenoxy) is 1. The van der Waals surface area contributed by atoms with Crippen molar-refractivity contribution in [1.29, 1.82) is 0 Å². The van der Waals surface area contributed by atoms with Gasteiger partial charge in [0.1, 0.15) is 5.78 Å². The van der Waals surface area contributed by atoms with Gasteiger partial charge in [0.2, 0.25) is 0 Å². The number of ketones is 1. The number of nitrogens with two attached hydrogens (primary N) is 1. The molecular formula is C18H24N2O3S. The maximum absolute atomic E-state index is 12.8. The normalized spacial score (nSPS) is 33.6. The molecule has 0 saturated carbocycles. The summed E-state index contributed by atoms with van der Waals surface area (Å²) in [5, 5.41) is -0.364. The number of carbonyl (C=O) groups excluding carboxylic acids is 2. The van der Waals surface area contributed by atoms with Crippen LogP contribution in [0.3, 0.4) is 0 Å². The molecule has 2 N–H and O–H groups in total. The third kappa shape index (κ3) is 2.86. The lowest BCUT2D eigenvalue weighted by atomic mass is 9.72. The van der Waals surface area contributed by atoms with Gasteiger partial charge in [-0.2, -0.15) is 0 Å². The van der Waals surface area contributed by atoms with E-state index in [9.17, 15) is 9.59 Å². The second-order valence-electron chi connectivity index (χ2n) is 6.40. The Kier molecular flexibility index (Phi) is 5.25. The Morgan fingerprint density at radius 2 is 2.33 bits per heavy atom. The van der Waals surface area contributed by atoms with Gasteiger partial charge in [0, 0.05) is 12.6 Å². The molecule has 4 unspecified atom stereocenters. The van der Waals surface area contributed by atoms with Crippen molar-refractivity contribution in [1.82, 2.24) is 0 Å². The van der Waals surface area contributed by atoms with Crippen molar-refractivity contribution in [3.05, 3.63) is 23.9 Å². The van der Waals surface area contributed by atoms with Crippen molar-refractivity contribution in [3.8, 4) is 0 Å². The summed E-state index contributed by atoms with van der Waals surface area (Å²) in [5.41, 5.74) is 6.53. The Hall–Kier alpha value is -1.40. The molecule has 4 atom stereocenters. The summed E-state index contributed by atoms with van der Waals surface area (Å²) in [6.45, 7) is 2.62. The Bertz CT molecular complexity index is 613. The first-order valence-electron chi connectivity index (χ1n) is 8.61. The zero-order valence-corrected chi connectivity index (χ0v) is 14.8. The van der Waals surface area contributed by atoms with Crippen LogP contribution in [0, 0.1) is 11.8 Å². The number of nitrogens with zero attached hydrogens (tertiary/aromatic N) is 1. The number of allylic oxidation sites excluding steroid dienone is 3. The molecule has 24 heavy (non-hydrogen) atoms. The first kappa shape index (κ1) is 17.4. The minimum Gasteiger partial charge on any atom is -0.466 e. The lowest BCUT2D eigenvalue weighted by molar-refractivity contribution is -0.151. The fourth-order valence-electron chi connectivity index (χ4n) is 3.95. The second-order valence-corrected chi connectivity index (χ2v) is 7.87. The summed E-state index contributed by atoms with van der Waals surface area (Å²) in [7, 11) is 0. The summed E-state index contributed by atoms with van der Waals surface area (Å²) >= 11 is 1.62. The largest absolute Gasteiger partial charge is 0.466 e. The van der Waals surface area contributed by atoms with E-state index in [1.807, 2.05) is 18.4 Å². The molecule has 1 aliphatic carbocycles. The summed E-state index contributed by atoms with van der Waals surface area (Å²) < 4.78 is 5.05. The topological polar surface area (TPSA) is 81.8 Å². The van der Waals surface area contributed by atoms with Crippen molar-refractivity contribution >= 4 is 29.7 Å². The minimum atomic E-state index is -0.401. The number of Topliss-reactive ketones (excluding diaryl/α,β-unsaturated/α-hetero) is 1. The van der Waals surface area contributed by atoms with E-state index in [4.69, 9.17) is 10.5 Å². The van der Waals surface area contributed by atoms with E-state index in [-0.39, 0.29) is 27.7 Å². The SMILES string of the molecule is CCOC(=O)C1C(C(=O)CCCN)SC23CC=CC=C2N=CCC13. The predicted octanol–water partition coefficient (Wildman–Crippen LogP) is 2.26. The number of rotatable bonds is 6. The van der Waals surface area contributed by atoms with Crippen molar-refractivity contribution in [2.45, 2.75) is 42.6 Å². The highest BCUT2D eigenvalue weighted by Gasteiger charge is 2.61. The minimum absolute atomic E-state index is 0.0575. The molecule has 1 saturated heterocycles. The molecule has 6 heteroatoms. The maximum Gasteiger partial charge on any atom is 0.310 e. The fourth-order valence-corrected chi connectivity index (χ4v) is 5.95. The lowest BCUT2D eigenvalue weighted by Gasteiger charge is -2.38. The van der Waals surface area contributed by atoms with Gasteiger partial charge in [-0.25, -0.2) is 0 Å². The molecule has 1 fully saturated rings. The first-order chi connectivity index (χ1) is 11.6. The van der Waals surface area contributed by atoms with Crippen molar-refractivity contribution in [2.24, 2.45) is 22.6 Å². The molecule has 0 bridgehead atoms. The molecule has 0 aromatic heterocycles. The van der Waals surface area contributed by atoms with Gasteiger partial charge in [0.15, 0.2) is 0 Å². The Labute approximate surface area is 146 Å². The van der Waals surface area contributed by atoms with Crippen LogP contribution < -0.4 is 5.73 Å². The highest BCUT2D eigenvalue weighted by atomic mass is 32.2. The molecule has 3 rings (SSSR count). The summed E-state index contributed by atoms with van der Waals surface area (Å²) in [6.07, 6.45) is 10.6. The van der Waals surface area contributed by atoms with Crippen LogP contribution in [0.25, 0.3) is 0 Å². The third-order valence-corrected chi connectivity index (χ3v) is 6.94. The molecule has 130 valence electrons. The van der Waals surface area contributed by atoms with Crippen LogP contribution in [0.4, 0.5) is 0 Å². The van der Waals surface area contributed by atoms with Crippen molar-refractivity contribution in [3.63, 3.8) is 0 Å². The molecule has 0 amide bonds. The molecule has 1 spiro atoms. The van der Waals surface area contributed by atoms with Crippen LogP contribution in [0.2, 0.25) is 0 Å². The average molecular weight is 348 g/mol. The van der Waals surface area contributed by atoms with E-state index in [1.54, 1.807) is 18.7 Å². The van der Waals surface area contributed by atoms with E-state index in [1.165, 1.54) is 0 Å². The van der Waals surface area contributed by atoms with Crippen LogP contribution >= 0.6 is 11.8 Å². The smallest absolute Gasteiger partial charge is 0.310 e. The van der Waals surface area contributed by atoms with Gasteiger partial charge in [0.05, 0.1) is 28.2 Å². The monoisotopic (exact) mass is 348 g/mol. The average Bonchev–Trinajstić information content (AvgIpc) is 2.93. The van der Waals surface area contributed by atoms with Gasteiger partial charge in [-0.15, -0.1) is 11.8 Å². The van der Waals surface area contributed by atoms with Gasteiger partial charge in [-0.1, -0.05) is 12.2 Å². The second kappa shape index (κ2) is 7.23. The number of carbonyl (C=O) groups is 2. The molecule has 2 heterocycles. The Morgan fingerprint density at radius 1 is 1.50 bits per heavy atom. The molecule has 0 radical (unpaired) electrons. The summed E-state index contributed by atoms with van der Waals surface area (Å²) in [4.78, 5) is 30.0. The quantitative estimate of drug-likeness (QED) is 0.745. The number of hydrogen-bond acceptors (Lipinski definition) is 6. The van der Waals surface area contributed by atoms with Gasteiger partial charge in [0.25, 0.3) is 0 Å². The van der Waals surface area contributed by atoms with Crippen LogP contribution in [0.15, 0.2) is 28.9 Å². The molecule has 5 nitrogen and oxygen atoms in total. The van der Waals surface area contributed by atoms with Crippen molar-refractivity contribution < 1.29 is 14.3 Å².